The summed E-state index contributed by atoms with van der Waals surface area (Å²) in [6, 6.07) is 4.84. The van der Waals surface area contributed by atoms with Crippen molar-refractivity contribution in [2.24, 2.45) is 0 Å². The number of aromatic carboxylic acids is 1. The highest BCUT2D eigenvalue weighted by molar-refractivity contribution is 5.94. The van der Waals surface area contributed by atoms with Gasteiger partial charge in [0.05, 0.1) is 23.7 Å². The average Bonchev–Trinajstić information content (AvgIpc) is 3.23. The molecule has 0 radical (unpaired) electrons. The lowest BCUT2D eigenvalue weighted by atomic mass is 9.99. The summed E-state index contributed by atoms with van der Waals surface area (Å²) in [6.45, 7) is -0.534. The van der Waals surface area contributed by atoms with E-state index in [-0.39, 0.29) is 11.4 Å². The van der Waals surface area contributed by atoms with Gasteiger partial charge in [-0.15, -0.1) is 0 Å². The Morgan fingerprint density at radius 3 is 2.41 bits per heavy atom. The van der Waals surface area contributed by atoms with Crippen molar-refractivity contribution in [1.29, 1.82) is 0 Å². The van der Waals surface area contributed by atoms with Crippen LogP contribution in [0, 0.1) is 23.3 Å². The number of hydrogen-bond acceptors (Lipinski definition) is 4. The number of aromatic nitrogens is 2. The molecule has 0 atom stereocenters. The molecule has 0 bridgehead atoms. The zero-order valence-corrected chi connectivity index (χ0v) is 16.5. The second kappa shape index (κ2) is 8.78. The molecule has 0 spiro atoms. The molecule has 164 valence electrons. The number of hydrogen-bond donors (Lipinski definition) is 1. The maximum Gasteiger partial charge on any atom is 0.356 e. The molecule has 0 unspecified atom stereocenters. The molecule has 1 N–H and O–H groups in total. The van der Waals surface area contributed by atoms with Gasteiger partial charge in [0.15, 0.2) is 5.69 Å². The fourth-order valence-corrected chi connectivity index (χ4v) is 3.66. The van der Waals surface area contributed by atoms with Gasteiger partial charge in [0.25, 0.3) is 0 Å². The molecule has 1 aliphatic rings. The molecule has 5 nitrogen and oxygen atoms in total. The number of halogens is 4. The number of nitrogens with zero attached hydrogens (tertiary/aromatic N) is 2. The zero-order chi connectivity index (χ0) is 22.8. The Hall–Kier alpha value is -3.75. The average molecular weight is 444 g/mol. The quantitative estimate of drug-likeness (QED) is 0.515. The summed E-state index contributed by atoms with van der Waals surface area (Å²) in [5, 5.41) is 9.18. The molecular weight excluding hydrogens is 428 g/mol. The number of carboxylic acids is 1. The Bertz CT molecular complexity index is 1220. The summed E-state index contributed by atoms with van der Waals surface area (Å²) in [4.78, 5) is 19.3. The highest BCUT2D eigenvalue weighted by atomic mass is 19.1. The van der Waals surface area contributed by atoms with Crippen molar-refractivity contribution in [2.45, 2.75) is 25.9 Å². The summed E-state index contributed by atoms with van der Waals surface area (Å²) < 4.78 is 60.8. The van der Waals surface area contributed by atoms with Gasteiger partial charge in [-0.1, -0.05) is 0 Å². The van der Waals surface area contributed by atoms with E-state index < -0.39 is 41.4 Å². The van der Waals surface area contributed by atoms with Gasteiger partial charge in [-0.05, 0) is 48.6 Å². The van der Waals surface area contributed by atoms with Crippen LogP contribution in [-0.2, 0) is 6.61 Å². The van der Waals surface area contributed by atoms with Gasteiger partial charge in [-0.3, -0.25) is 4.98 Å². The Labute approximate surface area is 180 Å². The predicted octanol–water partition coefficient (Wildman–Crippen LogP) is 5.40. The normalized spacial score (nSPS) is 13.5. The first-order chi connectivity index (χ1) is 15.3. The highest BCUT2D eigenvalue weighted by Gasteiger charge is 2.23. The van der Waals surface area contributed by atoms with Crippen LogP contribution in [0.3, 0.4) is 0 Å². The lowest BCUT2D eigenvalue weighted by molar-refractivity contribution is 0.0690. The Morgan fingerprint density at radius 2 is 1.69 bits per heavy atom. The van der Waals surface area contributed by atoms with Gasteiger partial charge >= 0.3 is 5.97 Å². The molecule has 0 aliphatic heterocycles. The number of ether oxygens (including phenoxy) is 1. The molecule has 1 heterocycles. The number of rotatable bonds is 6. The van der Waals surface area contributed by atoms with Crippen LogP contribution in [-0.4, -0.2) is 21.0 Å². The third-order valence-electron chi connectivity index (χ3n) is 5.13. The lowest BCUT2D eigenvalue weighted by Crippen LogP contribution is -2.05. The molecule has 3 aromatic rings. The molecule has 0 fully saturated rings. The van der Waals surface area contributed by atoms with Gasteiger partial charge < -0.3 is 9.84 Å². The smallest absolute Gasteiger partial charge is 0.356 e. The molecule has 4 rings (SSSR count). The summed E-state index contributed by atoms with van der Waals surface area (Å²) in [6.07, 6.45) is 4.36. The molecule has 1 aromatic heterocycles. The standard InChI is InChI=1S/C23H16F4N2O3/c24-12-4-5-22(32-11-17-18(26)7-13(25)8-19(17)27)16(6-12)14-2-1-3-15(14)20-9-28-10-21(29-20)23(30)31/h4-10H,1-3,11H2,(H,30,31). The van der Waals surface area contributed by atoms with Crippen LogP contribution in [0.4, 0.5) is 17.6 Å². The van der Waals surface area contributed by atoms with Gasteiger partial charge in [0.1, 0.15) is 35.6 Å². The van der Waals surface area contributed by atoms with E-state index in [0.29, 0.717) is 53.8 Å². The van der Waals surface area contributed by atoms with E-state index in [1.54, 1.807) is 0 Å². The second-order valence-electron chi connectivity index (χ2n) is 7.18. The monoisotopic (exact) mass is 444 g/mol. The van der Waals surface area contributed by atoms with Crippen molar-refractivity contribution < 1.29 is 32.2 Å². The minimum Gasteiger partial charge on any atom is -0.488 e. The van der Waals surface area contributed by atoms with E-state index >= 15 is 0 Å². The van der Waals surface area contributed by atoms with Crippen LogP contribution >= 0.6 is 0 Å². The van der Waals surface area contributed by atoms with E-state index in [2.05, 4.69) is 9.97 Å². The first-order valence-corrected chi connectivity index (χ1v) is 9.67. The Morgan fingerprint density at radius 1 is 0.969 bits per heavy atom. The third kappa shape index (κ3) is 4.32. The molecule has 9 heteroatoms. The molecule has 0 saturated heterocycles. The van der Waals surface area contributed by atoms with E-state index in [0.717, 1.165) is 12.3 Å². The fourth-order valence-electron chi connectivity index (χ4n) is 3.66. The maximum atomic E-state index is 14.1. The van der Waals surface area contributed by atoms with Crippen LogP contribution in [0.2, 0.25) is 0 Å². The molecule has 32 heavy (non-hydrogen) atoms. The molecular formula is C23H16F4N2O3. The van der Waals surface area contributed by atoms with Gasteiger partial charge in [0.2, 0.25) is 0 Å². The topological polar surface area (TPSA) is 72.3 Å². The van der Waals surface area contributed by atoms with E-state index in [1.807, 2.05) is 0 Å². The van der Waals surface area contributed by atoms with Crippen molar-refractivity contribution in [3.05, 3.63) is 88.5 Å². The Kier molecular flexibility index (Phi) is 5.89. The zero-order valence-electron chi connectivity index (χ0n) is 16.5. The van der Waals surface area contributed by atoms with Crippen LogP contribution in [0.15, 0.2) is 42.7 Å². The summed E-state index contributed by atoms with van der Waals surface area (Å²) >= 11 is 0. The molecule has 0 saturated carbocycles. The van der Waals surface area contributed by atoms with Crippen LogP contribution < -0.4 is 4.74 Å². The number of carboxylic acid groups (broad SMARTS) is 1. The van der Waals surface area contributed by atoms with Crippen LogP contribution in [0.1, 0.15) is 46.6 Å². The summed E-state index contributed by atoms with van der Waals surface area (Å²) in [5.74, 6) is -4.82. The SMILES string of the molecule is O=C(O)c1cncc(C2=C(c3cc(F)ccc3OCc3c(F)cc(F)cc3F)CCC2)n1. The fraction of sp³-hybridized carbons (Fsp3) is 0.174. The van der Waals surface area contributed by atoms with Crippen LogP contribution in [0.25, 0.3) is 11.1 Å². The summed E-state index contributed by atoms with van der Waals surface area (Å²) in [5.41, 5.74) is 1.40. The van der Waals surface area contributed by atoms with Gasteiger partial charge in [-0.25, -0.2) is 27.3 Å². The van der Waals surface area contributed by atoms with Crippen molar-refractivity contribution in [1.82, 2.24) is 9.97 Å². The van der Waals surface area contributed by atoms with Crippen molar-refractivity contribution in [3.63, 3.8) is 0 Å². The molecule has 2 aromatic carbocycles. The Balaban J connectivity index is 1.72. The minimum atomic E-state index is -1.22. The molecule has 0 amide bonds. The third-order valence-corrected chi connectivity index (χ3v) is 5.13. The van der Waals surface area contributed by atoms with Crippen molar-refractivity contribution in [3.8, 4) is 5.75 Å². The summed E-state index contributed by atoms with van der Waals surface area (Å²) in [7, 11) is 0. The number of carbonyl (C=O) groups is 1. The van der Waals surface area contributed by atoms with Crippen molar-refractivity contribution >= 4 is 17.1 Å². The second-order valence-corrected chi connectivity index (χ2v) is 7.18. The maximum absolute atomic E-state index is 14.1. The number of benzene rings is 2. The number of allylic oxidation sites excluding steroid dienone is 2. The van der Waals surface area contributed by atoms with E-state index in [9.17, 15) is 27.5 Å². The van der Waals surface area contributed by atoms with Crippen LogP contribution in [0.5, 0.6) is 5.75 Å². The largest absolute Gasteiger partial charge is 0.488 e. The van der Waals surface area contributed by atoms with Gasteiger partial charge in [0, 0.05) is 17.7 Å². The highest BCUT2D eigenvalue weighted by Crippen LogP contribution is 2.42. The first kappa shape index (κ1) is 21.5. The van der Waals surface area contributed by atoms with E-state index in [4.69, 9.17) is 4.74 Å². The first-order valence-electron chi connectivity index (χ1n) is 9.67. The minimum absolute atomic E-state index is 0.172. The van der Waals surface area contributed by atoms with Gasteiger partial charge in [-0.2, -0.15) is 0 Å². The van der Waals surface area contributed by atoms with E-state index in [1.165, 1.54) is 18.3 Å². The lowest BCUT2D eigenvalue weighted by Gasteiger charge is -2.15. The van der Waals surface area contributed by atoms with Crippen molar-refractivity contribution in [2.75, 3.05) is 0 Å². The molecule has 1 aliphatic carbocycles. The predicted molar refractivity (Wildman–Crippen MR) is 107 cm³/mol.